The molecule has 0 radical (unpaired) electrons. The van der Waals surface area contributed by atoms with E-state index in [0.717, 1.165) is 45.1 Å². The van der Waals surface area contributed by atoms with E-state index >= 15 is 0 Å². The van der Waals surface area contributed by atoms with Crippen molar-refractivity contribution in [3.05, 3.63) is 0 Å². The first-order chi connectivity index (χ1) is 8.65. The SMILES string of the molecule is CCC1CCCN1C(=O)C1CCCCC1C(=O)O. The summed E-state index contributed by atoms with van der Waals surface area (Å²) in [4.78, 5) is 25.8. The van der Waals surface area contributed by atoms with Crippen molar-refractivity contribution in [3.8, 4) is 0 Å². The Morgan fingerprint density at radius 2 is 1.78 bits per heavy atom. The summed E-state index contributed by atoms with van der Waals surface area (Å²) >= 11 is 0. The van der Waals surface area contributed by atoms with Crippen LogP contribution >= 0.6 is 0 Å². The lowest BCUT2D eigenvalue weighted by Gasteiger charge is -2.33. The Bertz CT molecular complexity index is 329. The lowest BCUT2D eigenvalue weighted by Crippen LogP contribution is -2.44. The molecule has 1 heterocycles. The van der Waals surface area contributed by atoms with Crippen molar-refractivity contribution >= 4 is 11.9 Å². The van der Waals surface area contributed by atoms with Crippen molar-refractivity contribution in [2.45, 2.75) is 57.9 Å². The van der Waals surface area contributed by atoms with E-state index in [1.807, 2.05) is 4.90 Å². The minimum Gasteiger partial charge on any atom is -0.481 e. The van der Waals surface area contributed by atoms with Gasteiger partial charge in [0.05, 0.1) is 11.8 Å². The number of carbonyl (C=O) groups excluding carboxylic acids is 1. The van der Waals surface area contributed by atoms with Crippen molar-refractivity contribution in [3.63, 3.8) is 0 Å². The number of carboxylic acid groups (broad SMARTS) is 1. The van der Waals surface area contributed by atoms with Gasteiger partial charge in [0.2, 0.25) is 5.91 Å². The second-order valence-corrected chi connectivity index (χ2v) is 5.57. The van der Waals surface area contributed by atoms with Crippen LogP contribution in [0, 0.1) is 11.8 Å². The molecule has 2 fully saturated rings. The summed E-state index contributed by atoms with van der Waals surface area (Å²) in [6.45, 7) is 2.92. The fourth-order valence-electron chi connectivity index (χ4n) is 3.49. The number of hydrogen-bond acceptors (Lipinski definition) is 2. The van der Waals surface area contributed by atoms with Crippen LogP contribution in [0.15, 0.2) is 0 Å². The van der Waals surface area contributed by atoms with Crippen molar-refractivity contribution in [2.75, 3.05) is 6.54 Å². The summed E-state index contributed by atoms with van der Waals surface area (Å²) < 4.78 is 0. The molecular weight excluding hydrogens is 230 g/mol. The normalized spacial score (nSPS) is 32.5. The highest BCUT2D eigenvalue weighted by Gasteiger charge is 2.40. The number of amides is 1. The van der Waals surface area contributed by atoms with Gasteiger partial charge in [0.25, 0.3) is 0 Å². The predicted molar refractivity (Wildman–Crippen MR) is 68.1 cm³/mol. The maximum atomic E-state index is 12.5. The van der Waals surface area contributed by atoms with E-state index in [1.54, 1.807) is 0 Å². The van der Waals surface area contributed by atoms with Crippen molar-refractivity contribution in [1.29, 1.82) is 0 Å². The molecule has 2 aliphatic rings. The lowest BCUT2D eigenvalue weighted by molar-refractivity contribution is -0.152. The molecule has 0 aromatic carbocycles. The molecule has 0 spiro atoms. The Hall–Kier alpha value is -1.06. The maximum absolute atomic E-state index is 12.5. The van der Waals surface area contributed by atoms with Gasteiger partial charge >= 0.3 is 5.97 Å². The van der Waals surface area contributed by atoms with E-state index in [4.69, 9.17) is 0 Å². The van der Waals surface area contributed by atoms with E-state index in [0.29, 0.717) is 12.5 Å². The first kappa shape index (κ1) is 13.4. The third kappa shape index (κ3) is 2.52. The van der Waals surface area contributed by atoms with Gasteiger partial charge in [-0.1, -0.05) is 19.8 Å². The Morgan fingerprint density at radius 1 is 1.11 bits per heavy atom. The fraction of sp³-hybridized carbons (Fsp3) is 0.857. The zero-order valence-corrected chi connectivity index (χ0v) is 11.1. The van der Waals surface area contributed by atoms with Gasteiger partial charge in [0.1, 0.15) is 0 Å². The molecule has 1 saturated carbocycles. The molecule has 0 aromatic heterocycles. The minimum atomic E-state index is -0.791. The zero-order valence-electron chi connectivity index (χ0n) is 11.1. The zero-order chi connectivity index (χ0) is 13.1. The van der Waals surface area contributed by atoms with Crippen LogP contribution in [0.4, 0.5) is 0 Å². The van der Waals surface area contributed by atoms with Crippen LogP contribution < -0.4 is 0 Å². The summed E-state index contributed by atoms with van der Waals surface area (Å²) in [5.74, 6) is -1.42. The van der Waals surface area contributed by atoms with E-state index in [2.05, 4.69) is 6.92 Å². The molecule has 0 bridgehead atoms. The number of carboxylic acids is 1. The molecule has 1 saturated heterocycles. The van der Waals surface area contributed by atoms with E-state index in [1.165, 1.54) is 0 Å². The number of aliphatic carboxylic acids is 1. The summed E-state index contributed by atoms with van der Waals surface area (Å²) in [7, 11) is 0. The smallest absolute Gasteiger partial charge is 0.307 e. The Labute approximate surface area is 108 Å². The Kier molecular flexibility index (Phi) is 4.25. The quantitative estimate of drug-likeness (QED) is 0.839. The first-order valence-corrected chi connectivity index (χ1v) is 7.18. The highest BCUT2D eigenvalue weighted by atomic mass is 16.4. The van der Waals surface area contributed by atoms with Gasteiger partial charge in [-0.15, -0.1) is 0 Å². The van der Waals surface area contributed by atoms with Crippen LogP contribution in [0.5, 0.6) is 0 Å². The van der Waals surface area contributed by atoms with Crippen LogP contribution in [0.2, 0.25) is 0 Å². The van der Waals surface area contributed by atoms with Gasteiger partial charge in [-0.05, 0) is 32.1 Å². The van der Waals surface area contributed by atoms with Gasteiger partial charge in [-0.25, -0.2) is 0 Å². The van der Waals surface area contributed by atoms with Crippen LogP contribution in [0.1, 0.15) is 51.9 Å². The van der Waals surface area contributed by atoms with Crippen molar-refractivity contribution in [2.24, 2.45) is 11.8 Å². The van der Waals surface area contributed by atoms with E-state index in [9.17, 15) is 14.7 Å². The average molecular weight is 253 g/mol. The largest absolute Gasteiger partial charge is 0.481 e. The summed E-state index contributed by atoms with van der Waals surface area (Å²) in [5.41, 5.74) is 0. The molecule has 1 amide bonds. The highest BCUT2D eigenvalue weighted by molar-refractivity contribution is 5.85. The molecule has 0 aromatic rings. The fourth-order valence-corrected chi connectivity index (χ4v) is 3.49. The third-order valence-corrected chi connectivity index (χ3v) is 4.53. The standard InChI is InChI=1S/C14H23NO3/c1-2-10-6-5-9-15(10)13(16)11-7-3-4-8-12(11)14(17)18/h10-12H,2-9H2,1H3,(H,17,18). The molecule has 3 atom stereocenters. The van der Waals surface area contributed by atoms with Gasteiger partial charge in [0.15, 0.2) is 0 Å². The molecule has 1 aliphatic carbocycles. The molecule has 2 rings (SSSR count). The molecule has 1 aliphatic heterocycles. The van der Waals surface area contributed by atoms with Gasteiger partial charge in [-0.3, -0.25) is 9.59 Å². The number of rotatable bonds is 3. The van der Waals surface area contributed by atoms with Crippen LogP contribution in [0.3, 0.4) is 0 Å². The molecule has 4 nitrogen and oxygen atoms in total. The molecule has 18 heavy (non-hydrogen) atoms. The molecule has 4 heteroatoms. The first-order valence-electron chi connectivity index (χ1n) is 7.18. The summed E-state index contributed by atoms with van der Waals surface area (Å²) in [5, 5.41) is 9.25. The number of nitrogens with zero attached hydrogens (tertiary/aromatic N) is 1. The predicted octanol–water partition coefficient (Wildman–Crippen LogP) is 2.28. The van der Waals surface area contributed by atoms with Crippen LogP contribution in [-0.2, 0) is 9.59 Å². The summed E-state index contributed by atoms with van der Waals surface area (Å²) in [6, 6.07) is 0.342. The van der Waals surface area contributed by atoms with E-state index < -0.39 is 11.9 Å². The molecule has 102 valence electrons. The Balaban J connectivity index is 2.08. The number of hydrogen-bond donors (Lipinski definition) is 1. The van der Waals surface area contributed by atoms with Crippen molar-refractivity contribution < 1.29 is 14.7 Å². The average Bonchev–Trinajstić information content (AvgIpc) is 2.86. The molecular formula is C14H23NO3. The lowest BCUT2D eigenvalue weighted by atomic mass is 9.78. The molecule has 1 N–H and O–H groups in total. The Morgan fingerprint density at radius 3 is 2.39 bits per heavy atom. The monoisotopic (exact) mass is 253 g/mol. The minimum absolute atomic E-state index is 0.103. The molecule has 3 unspecified atom stereocenters. The highest BCUT2D eigenvalue weighted by Crippen LogP contribution is 2.34. The van der Waals surface area contributed by atoms with E-state index in [-0.39, 0.29) is 11.8 Å². The van der Waals surface area contributed by atoms with Crippen LogP contribution in [-0.4, -0.2) is 34.5 Å². The number of carbonyl (C=O) groups is 2. The van der Waals surface area contributed by atoms with Crippen molar-refractivity contribution in [1.82, 2.24) is 4.90 Å². The van der Waals surface area contributed by atoms with Gasteiger partial charge in [-0.2, -0.15) is 0 Å². The second kappa shape index (κ2) is 5.72. The van der Waals surface area contributed by atoms with Gasteiger partial charge in [0, 0.05) is 12.6 Å². The summed E-state index contributed by atoms with van der Waals surface area (Å²) in [6.07, 6.45) is 6.47. The maximum Gasteiger partial charge on any atom is 0.307 e. The third-order valence-electron chi connectivity index (χ3n) is 4.53. The van der Waals surface area contributed by atoms with Crippen LogP contribution in [0.25, 0.3) is 0 Å². The van der Waals surface area contributed by atoms with Gasteiger partial charge < -0.3 is 10.0 Å². The topological polar surface area (TPSA) is 57.6 Å². The number of likely N-dealkylation sites (tertiary alicyclic amines) is 1. The second-order valence-electron chi connectivity index (χ2n) is 5.57.